The molecule has 2 aliphatic heterocycles. The smallest absolute Gasteiger partial charge is 0.222 e. The average Bonchev–Trinajstić information content (AvgIpc) is 2.90. The van der Waals surface area contributed by atoms with Gasteiger partial charge in [-0.25, -0.2) is 0 Å². The zero-order valence-electron chi connectivity index (χ0n) is 12.1. The van der Waals surface area contributed by atoms with E-state index in [1.165, 1.54) is 51.5 Å². The monoisotopic (exact) mass is 264 g/mol. The number of piperidine rings is 1. The molecule has 3 aliphatic rings. The fourth-order valence-electron chi connectivity index (χ4n) is 4.36. The van der Waals surface area contributed by atoms with Crippen LogP contribution < -0.4 is 5.32 Å². The van der Waals surface area contributed by atoms with Crippen molar-refractivity contribution in [2.45, 2.75) is 63.8 Å². The Morgan fingerprint density at radius 1 is 1.11 bits per heavy atom. The Morgan fingerprint density at radius 2 is 2.00 bits per heavy atom. The molecule has 3 unspecified atom stereocenters. The molecule has 2 heterocycles. The molecule has 0 aromatic rings. The minimum atomic E-state index is 0.444. The summed E-state index contributed by atoms with van der Waals surface area (Å²) < 4.78 is 0. The summed E-state index contributed by atoms with van der Waals surface area (Å²) in [5, 5.41) is 3.45. The molecule has 3 atom stereocenters. The van der Waals surface area contributed by atoms with Crippen LogP contribution in [0.15, 0.2) is 0 Å². The van der Waals surface area contributed by atoms with Crippen LogP contribution in [-0.2, 0) is 4.79 Å². The zero-order valence-corrected chi connectivity index (χ0v) is 12.1. The molecule has 19 heavy (non-hydrogen) atoms. The van der Waals surface area contributed by atoms with E-state index in [1.54, 1.807) is 0 Å². The van der Waals surface area contributed by atoms with Gasteiger partial charge >= 0.3 is 0 Å². The van der Waals surface area contributed by atoms with Gasteiger partial charge in [0.25, 0.3) is 0 Å². The molecule has 2 saturated heterocycles. The molecule has 3 nitrogen and oxygen atoms in total. The van der Waals surface area contributed by atoms with Crippen molar-refractivity contribution in [3.8, 4) is 0 Å². The summed E-state index contributed by atoms with van der Waals surface area (Å²) >= 11 is 0. The third-order valence-corrected chi connectivity index (χ3v) is 5.50. The Labute approximate surface area is 117 Å². The van der Waals surface area contributed by atoms with Crippen LogP contribution >= 0.6 is 0 Å². The molecule has 1 N–H and O–H groups in total. The quantitative estimate of drug-likeness (QED) is 0.849. The van der Waals surface area contributed by atoms with Gasteiger partial charge in [0.1, 0.15) is 0 Å². The Bertz CT molecular complexity index is 312. The van der Waals surface area contributed by atoms with Gasteiger partial charge in [0.15, 0.2) is 0 Å². The first-order chi connectivity index (χ1) is 9.34. The van der Waals surface area contributed by atoms with Crippen LogP contribution in [-0.4, -0.2) is 36.5 Å². The number of carbonyl (C=O) groups excluding carboxylic acids is 1. The average molecular weight is 264 g/mol. The lowest BCUT2D eigenvalue weighted by Gasteiger charge is -2.32. The summed E-state index contributed by atoms with van der Waals surface area (Å²) in [5.41, 5.74) is 0. The highest BCUT2D eigenvalue weighted by Gasteiger charge is 2.37. The SMILES string of the molecule is O=C(CCC1CCCNC1)N1CCC2CCCCC21. The number of likely N-dealkylation sites (tertiary alicyclic amines) is 1. The van der Waals surface area contributed by atoms with Crippen LogP contribution in [0.2, 0.25) is 0 Å². The highest BCUT2D eigenvalue weighted by atomic mass is 16.2. The zero-order chi connectivity index (χ0) is 13.1. The molecule has 0 spiro atoms. The highest BCUT2D eigenvalue weighted by Crippen LogP contribution is 2.36. The van der Waals surface area contributed by atoms with Crippen molar-refractivity contribution in [3.05, 3.63) is 0 Å². The molecular formula is C16H28N2O. The van der Waals surface area contributed by atoms with Crippen LogP contribution in [0.25, 0.3) is 0 Å². The van der Waals surface area contributed by atoms with Crippen LogP contribution in [0.1, 0.15) is 57.8 Å². The first-order valence-corrected chi connectivity index (χ1v) is 8.35. The lowest BCUT2D eigenvalue weighted by Crippen LogP contribution is -2.39. The van der Waals surface area contributed by atoms with E-state index in [0.717, 1.165) is 37.8 Å². The number of amides is 1. The molecule has 3 rings (SSSR count). The first kappa shape index (κ1) is 13.4. The summed E-state index contributed by atoms with van der Waals surface area (Å²) in [5.74, 6) is 2.01. The molecular weight excluding hydrogens is 236 g/mol. The maximum atomic E-state index is 12.4. The van der Waals surface area contributed by atoms with E-state index in [9.17, 15) is 4.79 Å². The second kappa shape index (κ2) is 6.25. The van der Waals surface area contributed by atoms with Gasteiger partial charge in [0.2, 0.25) is 5.91 Å². The van der Waals surface area contributed by atoms with Gasteiger partial charge < -0.3 is 10.2 Å². The summed E-state index contributed by atoms with van der Waals surface area (Å²) in [4.78, 5) is 14.7. The van der Waals surface area contributed by atoms with E-state index in [2.05, 4.69) is 10.2 Å². The van der Waals surface area contributed by atoms with Crippen LogP contribution in [0.4, 0.5) is 0 Å². The third-order valence-electron chi connectivity index (χ3n) is 5.50. The molecule has 0 aromatic heterocycles. The Kier molecular flexibility index (Phi) is 4.42. The van der Waals surface area contributed by atoms with Crippen LogP contribution in [0.3, 0.4) is 0 Å². The minimum absolute atomic E-state index is 0.444. The topological polar surface area (TPSA) is 32.3 Å². The number of rotatable bonds is 3. The third kappa shape index (κ3) is 3.13. The van der Waals surface area contributed by atoms with Gasteiger partial charge in [0.05, 0.1) is 0 Å². The lowest BCUT2D eigenvalue weighted by atomic mass is 9.85. The van der Waals surface area contributed by atoms with Gasteiger partial charge in [0, 0.05) is 19.0 Å². The number of carbonyl (C=O) groups is 1. The second-order valence-corrected chi connectivity index (χ2v) is 6.74. The van der Waals surface area contributed by atoms with E-state index < -0.39 is 0 Å². The maximum Gasteiger partial charge on any atom is 0.222 e. The van der Waals surface area contributed by atoms with Crippen molar-refractivity contribution < 1.29 is 4.79 Å². The fourth-order valence-corrected chi connectivity index (χ4v) is 4.36. The molecule has 108 valence electrons. The van der Waals surface area contributed by atoms with Crippen molar-refractivity contribution in [2.75, 3.05) is 19.6 Å². The normalized spacial score (nSPS) is 35.2. The molecule has 1 amide bonds. The second-order valence-electron chi connectivity index (χ2n) is 6.74. The predicted molar refractivity (Wildman–Crippen MR) is 76.9 cm³/mol. The predicted octanol–water partition coefficient (Wildman–Crippen LogP) is 2.56. The van der Waals surface area contributed by atoms with Gasteiger partial charge in [-0.2, -0.15) is 0 Å². The molecule has 3 heteroatoms. The van der Waals surface area contributed by atoms with Crippen molar-refractivity contribution in [3.63, 3.8) is 0 Å². The Morgan fingerprint density at radius 3 is 2.84 bits per heavy atom. The van der Waals surface area contributed by atoms with Crippen molar-refractivity contribution in [1.29, 1.82) is 0 Å². The van der Waals surface area contributed by atoms with E-state index in [1.807, 2.05) is 0 Å². The molecule has 0 aromatic carbocycles. The van der Waals surface area contributed by atoms with Crippen molar-refractivity contribution in [1.82, 2.24) is 10.2 Å². The molecule has 1 saturated carbocycles. The summed E-state index contributed by atoms with van der Waals surface area (Å²) in [6.07, 6.45) is 11.1. The van der Waals surface area contributed by atoms with E-state index in [4.69, 9.17) is 0 Å². The number of hydrogen-bond acceptors (Lipinski definition) is 2. The minimum Gasteiger partial charge on any atom is -0.339 e. The standard InChI is InChI=1S/C16H28N2O/c19-16(8-7-13-4-3-10-17-12-13)18-11-9-14-5-1-2-6-15(14)18/h13-15,17H,1-12H2. The number of nitrogens with zero attached hydrogens (tertiary/aromatic N) is 1. The lowest BCUT2D eigenvalue weighted by molar-refractivity contribution is -0.133. The number of nitrogens with one attached hydrogen (secondary N) is 1. The maximum absolute atomic E-state index is 12.4. The molecule has 1 aliphatic carbocycles. The van der Waals surface area contributed by atoms with Crippen molar-refractivity contribution >= 4 is 5.91 Å². The fraction of sp³-hybridized carbons (Fsp3) is 0.938. The highest BCUT2D eigenvalue weighted by molar-refractivity contribution is 5.76. The van der Waals surface area contributed by atoms with Crippen LogP contribution in [0.5, 0.6) is 0 Å². The number of fused-ring (bicyclic) bond motifs is 1. The Balaban J connectivity index is 1.47. The summed E-state index contributed by atoms with van der Waals surface area (Å²) in [6.45, 7) is 3.33. The van der Waals surface area contributed by atoms with Gasteiger partial charge in [-0.1, -0.05) is 12.8 Å². The summed E-state index contributed by atoms with van der Waals surface area (Å²) in [6, 6.07) is 0.603. The Hall–Kier alpha value is -0.570. The van der Waals surface area contributed by atoms with Crippen LogP contribution in [0, 0.1) is 11.8 Å². The van der Waals surface area contributed by atoms with E-state index in [0.29, 0.717) is 11.9 Å². The summed E-state index contributed by atoms with van der Waals surface area (Å²) in [7, 11) is 0. The number of hydrogen-bond donors (Lipinski definition) is 1. The van der Waals surface area contributed by atoms with E-state index in [-0.39, 0.29) is 0 Å². The van der Waals surface area contributed by atoms with Gasteiger partial charge in [-0.05, 0) is 63.5 Å². The molecule has 3 fully saturated rings. The molecule has 0 bridgehead atoms. The van der Waals surface area contributed by atoms with E-state index >= 15 is 0 Å². The van der Waals surface area contributed by atoms with Crippen molar-refractivity contribution in [2.24, 2.45) is 11.8 Å². The molecule has 0 radical (unpaired) electrons. The van der Waals surface area contributed by atoms with Gasteiger partial charge in [-0.15, -0.1) is 0 Å². The first-order valence-electron chi connectivity index (χ1n) is 8.35. The largest absolute Gasteiger partial charge is 0.339 e. The van der Waals surface area contributed by atoms with Gasteiger partial charge in [-0.3, -0.25) is 4.79 Å².